The van der Waals surface area contributed by atoms with Gasteiger partial charge in [0.25, 0.3) is 0 Å². The third-order valence-electron chi connectivity index (χ3n) is 3.70. The fourth-order valence-electron chi connectivity index (χ4n) is 2.49. The van der Waals surface area contributed by atoms with E-state index < -0.39 is 11.7 Å². The molecule has 4 nitrogen and oxygen atoms in total. The van der Waals surface area contributed by atoms with E-state index in [2.05, 4.69) is 15.5 Å². The maximum absolute atomic E-state index is 12.9. The number of benzene rings is 1. The van der Waals surface area contributed by atoms with Crippen molar-refractivity contribution in [1.82, 2.24) is 19.9 Å². The third-order valence-corrected chi connectivity index (χ3v) is 3.70. The smallest absolute Gasteiger partial charge is 0.310 e. The Bertz CT molecular complexity index is 796. The Balaban J connectivity index is 2.00. The molecule has 0 aliphatic heterocycles. The van der Waals surface area contributed by atoms with Crippen LogP contribution >= 0.6 is 0 Å². The molecule has 0 aliphatic carbocycles. The van der Waals surface area contributed by atoms with Gasteiger partial charge in [0.2, 0.25) is 0 Å². The highest BCUT2D eigenvalue weighted by Gasteiger charge is 2.31. The van der Waals surface area contributed by atoms with Gasteiger partial charge in [0.15, 0.2) is 11.5 Å². The van der Waals surface area contributed by atoms with Crippen LogP contribution in [0.2, 0.25) is 0 Å². The predicted molar refractivity (Wildman–Crippen MR) is 79.9 cm³/mol. The van der Waals surface area contributed by atoms with Crippen LogP contribution in [0, 0.1) is 0 Å². The van der Waals surface area contributed by atoms with E-state index in [-0.39, 0.29) is 6.04 Å². The summed E-state index contributed by atoms with van der Waals surface area (Å²) >= 11 is 0. The average molecular weight is 320 g/mol. The Kier molecular flexibility index (Phi) is 4.04. The minimum Gasteiger partial charge on any atom is -0.310 e. The van der Waals surface area contributed by atoms with Crippen molar-refractivity contribution in [3.63, 3.8) is 0 Å². The molecule has 2 aromatic heterocycles. The van der Waals surface area contributed by atoms with Gasteiger partial charge in [-0.3, -0.25) is 4.40 Å². The number of hydrogen-bond acceptors (Lipinski definition) is 3. The second-order valence-electron chi connectivity index (χ2n) is 5.23. The third kappa shape index (κ3) is 3.19. The van der Waals surface area contributed by atoms with Crippen molar-refractivity contribution in [1.29, 1.82) is 0 Å². The number of likely N-dealkylation sites (N-methyl/N-ethyl adjacent to an activating group) is 1. The number of alkyl halides is 3. The van der Waals surface area contributed by atoms with Gasteiger partial charge in [-0.25, -0.2) is 0 Å². The summed E-state index contributed by atoms with van der Waals surface area (Å²) in [5, 5.41) is 11.1. The molecular formula is C16H15F3N4. The Morgan fingerprint density at radius 1 is 1.09 bits per heavy atom. The fourth-order valence-corrected chi connectivity index (χ4v) is 2.49. The number of pyridine rings is 1. The van der Waals surface area contributed by atoms with Crippen molar-refractivity contribution in [2.24, 2.45) is 0 Å². The normalized spacial score (nSPS) is 13.4. The summed E-state index contributed by atoms with van der Waals surface area (Å²) < 4.78 is 40.1. The molecule has 23 heavy (non-hydrogen) atoms. The van der Waals surface area contributed by atoms with E-state index in [0.717, 1.165) is 17.8 Å². The van der Waals surface area contributed by atoms with Gasteiger partial charge < -0.3 is 5.32 Å². The molecule has 120 valence electrons. The molecule has 0 radical (unpaired) electrons. The zero-order valence-electron chi connectivity index (χ0n) is 12.4. The van der Waals surface area contributed by atoms with Gasteiger partial charge in [0, 0.05) is 6.20 Å². The molecule has 2 heterocycles. The van der Waals surface area contributed by atoms with Gasteiger partial charge in [0.1, 0.15) is 0 Å². The molecule has 0 aliphatic rings. The number of hydrogen-bond donors (Lipinski definition) is 1. The number of halogens is 3. The molecule has 3 aromatic rings. The lowest BCUT2D eigenvalue weighted by Gasteiger charge is -2.15. The highest BCUT2D eigenvalue weighted by molar-refractivity contribution is 5.40. The summed E-state index contributed by atoms with van der Waals surface area (Å²) in [6.45, 7) is 0. The topological polar surface area (TPSA) is 42.2 Å². The van der Waals surface area contributed by atoms with Crippen LogP contribution in [0.5, 0.6) is 0 Å². The van der Waals surface area contributed by atoms with E-state index >= 15 is 0 Å². The molecule has 0 saturated carbocycles. The summed E-state index contributed by atoms with van der Waals surface area (Å²) in [5.74, 6) is 0.456. The molecule has 1 aromatic carbocycles. The minimum atomic E-state index is -4.40. The van der Waals surface area contributed by atoms with E-state index in [1.165, 1.54) is 10.5 Å². The Labute approximate surface area is 131 Å². The molecule has 0 bridgehead atoms. The van der Waals surface area contributed by atoms with Crippen molar-refractivity contribution in [3.05, 3.63) is 65.6 Å². The Morgan fingerprint density at radius 2 is 1.83 bits per heavy atom. The lowest BCUT2D eigenvalue weighted by Crippen LogP contribution is -2.21. The molecule has 1 N–H and O–H groups in total. The summed E-state index contributed by atoms with van der Waals surface area (Å²) in [7, 11) is 1.75. The molecule has 0 amide bonds. The highest BCUT2D eigenvalue weighted by atomic mass is 19.4. The predicted octanol–water partition coefficient (Wildman–Crippen LogP) is 3.25. The van der Waals surface area contributed by atoms with Crippen LogP contribution < -0.4 is 5.32 Å². The van der Waals surface area contributed by atoms with Crippen molar-refractivity contribution >= 4 is 5.65 Å². The van der Waals surface area contributed by atoms with Gasteiger partial charge in [-0.1, -0.05) is 30.3 Å². The van der Waals surface area contributed by atoms with Crippen LogP contribution in [-0.4, -0.2) is 21.6 Å². The summed E-state index contributed by atoms with van der Waals surface area (Å²) in [4.78, 5) is 0. The first-order chi connectivity index (χ1) is 11.0. The summed E-state index contributed by atoms with van der Waals surface area (Å²) in [5.41, 5.74) is 0.734. The van der Waals surface area contributed by atoms with Crippen LogP contribution in [0.1, 0.15) is 23.0 Å². The van der Waals surface area contributed by atoms with E-state index in [9.17, 15) is 13.2 Å². The minimum absolute atomic E-state index is 0.240. The standard InChI is InChI=1S/C16H15F3N4/c1-20-13(9-11-5-3-2-4-6-11)15-22-21-14-8-7-12(10-23(14)15)16(17,18)19/h2-8,10,13,20H,9H2,1H3/t13-/m1/s1. The van der Waals surface area contributed by atoms with Gasteiger partial charge in [0.05, 0.1) is 11.6 Å². The molecule has 0 unspecified atom stereocenters. The quantitative estimate of drug-likeness (QED) is 0.802. The van der Waals surface area contributed by atoms with Gasteiger partial charge in [-0.15, -0.1) is 10.2 Å². The van der Waals surface area contributed by atoms with Crippen LogP contribution in [0.4, 0.5) is 13.2 Å². The molecular weight excluding hydrogens is 305 g/mol. The lowest BCUT2D eigenvalue weighted by atomic mass is 10.1. The zero-order valence-corrected chi connectivity index (χ0v) is 12.4. The van der Waals surface area contributed by atoms with Crippen molar-refractivity contribution in [2.45, 2.75) is 18.6 Å². The van der Waals surface area contributed by atoms with Gasteiger partial charge in [-0.2, -0.15) is 13.2 Å². The largest absolute Gasteiger partial charge is 0.417 e. The molecule has 3 rings (SSSR count). The number of aromatic nitrogens is 3. The van der Waals surface area contributed by atoms with E-state index in [1.54, 1.807) is 7.05 Å². The van der Waals surface area contributed by atoms with Crippen LogP contribution in [-0.2, 0) is 12.6 Å². The van der Waals surface area contributed by atoms with E-state index in [0.29, 0.717) is 17.9 Å². The first-order valence-corrected chi connectivity index (χ1v) is 7.12. The highest BCUT2D eigenvalue weighted by Crippen LogP contribution is 2.30. The second-order valence-corrected chi connectivity index (χ2v) is 5.23. The molecule has 7 heteroatoms. The van der Waals surface area contributed by atoms with Crippen molar-refractivity contribution in [2.75, 3.05) is 7.05 Å². The number of nitrogens with one attached hydrogen (secondary N) is 1. The molecule has 0 fully saturated rings. The number of fused-ring (bicyclic) bond motifs is 1. The first kappa shape index (κ1) is 15.5. The molecule has 0 saturated heterocycles. The molecule has 0 spiro atoms. The number of rotatable bonds is 4. The lowest BCUT2D eigenvalue weighted by molar-refractivity contribution is -0.137. The van der Waals surface area contributed by atoms with Gasteiger partial charge >= 0.3 is 6.18 Å². The SMILES string of the molecule is CN[C@H](Cc1ccccc1)c1nnc2ccc(C(F)(F)F)cn12. The van der Waals surface area contributed by atoms with Crippen LogP contribution in [0.3, 0.4) is 0 Å². The van der Waals surface area contributed by atoms with Crippen molar-refractivity contribution < 1.29 is 13.2 Å². The Morgan fingerprint density at radius 3 is 2.48 bits per heavy atom. The molecule has 1 atom stereocenters. The fraction of sp³-hybridized carbons (Fsp3) is 0.250. The van der Waals surface area contributed by atoms with E-state index in [1.807, 2.05) is 30.3 Å². The average Bonchev–Trinajstić information content (AvgIpc) is 2.96. The number of nitrogens with zero attached hydrogens (tertiary/aromatic N) is 3. The first-order valence-electron chi connectivity index (χ1n) is 7.12. The monoisotopic (exact) mass is 320 g/mol. The summed E-state index contributed by atoms with van der Waals surface area (Å²) in [6.07, 6.45) is -2.75. The van der Waals surface area contributed by atoms with E-state index in [4.69, 9.17) is 0 Å². The zero-order chi connectivity index (χ0) is 16.4. The van der Waals surface area contributed by atoms with Crippen molar-refractivity contribution in [3.8, 4) is 0 Å². The Hall–Kier alpha value is -2.41. The van der Waals surface area contributed by atoms with Crippen LogP contribution in [0.25, 0.3) is 5.65 Å². The maximum atomic E-state index is 12.9. The summed E-state index contributed by atoms with van der Waals surface area (Å²) in [6, 6.07) is 11.8. The van der Waals surface area contributed by atoms with Gasteiger partial charge in [-0.05, 0) is 31.2 Å². The second kappa shape index (κ2) is 6.00. The van der Waals surface area contributed by atoms with Crippen LogP contribution in [0.15, 0.2) is 48.7 Å². The maximum Gasteiger partial charge on any atom is 0.417 e.